The summed E-state index contributed by atoms with van der Waals surface area (Å²) in [6, 6.07) is 1.88. The average Bonchev–Trinajstić information content (AvgIpc) is 2.98. The molecule has 3 heterocycles. The van der Waals surface area contributed by atoms with Crippen molar-refractivity contribution in [3.05, 3.63) is 17.5 Å². The van der Waals surface area contributed by atoms with E-state index in [1.807, 2.05) is 24.8 Å². The standard InChI is InChI=1S/C15H23N3O2/c1-4-18-13(7-10(2)16-18)15(19)17-6-5-12-8-11(3)20-14(12)9-17/h7,11-12,14H,4-6,8-9H2,1-3H3/t11-,12+,14-/m0/s1. The van der Waals surface area contributed by atoms with Crippen LogP contribution >= 0.6 is 0 Å². The van der Waals surface area contributed by atoms with Crippen LogP contribution in [0.2, 0.25) is 0 Å². The summed E-state index contributed by atoms with van der Waals surface area (Å²) in [4.78, 5) is 14.6. The van der Waals surface area contributed by atoms with Crippen molar-refractivity contribution in [1.82, 2.24) is 14.7 Å². The van der Waals surface area contributed by atoms with E-state index in [2.05, 4.69) is 12.0 Å². The Labute approximate surface area is 119 Å². The molecule has 0 bridgehead atoms. The van der Waals surface area contributed by atoms with Gasteiger partial charge in [0.2, 0.25) is 0 Å². The highest BCUT2D eigenvalue weighted by atomic mass is 16.5. The summed E-state index contributed by atoms with van der Waals surface area (Å²) >= 11 is 0. The summed E-state index contributed by atoms with van der Waals surface area (Å²) in [5.74, 6) is 0.723. The summed E-state index contributed by atoms with van der Waals surface area (Å²) in [5, 5.41) is 4.36. The van der Waals surface area contributed by atoms with Crippen molar-refractivity contribution in [3.8, 4) is 0 Å². The Balaban J connectivity index is 1.74. The monoisotopic (exact) mass is 277 g/mol. The van der Waals surface area contributed by atoms with E-state index < -0.39 is 0 Å². The van der Waals surface area contributed by atoms with Crippen molar-refractivity contribution in [2.75, 3.05) is 13.1 Å². The molecule has 1 amide bonds. The molecule has 5 heteroatoms. The average molecular weight is 277 g/mol. The zero-order valence-corrected chi connectivity index (χ0v) is 12.5. The van der Waals surface area contributed by atoms with Crippen molar-refractivity contribution < 1.29 is 9.53 Å². The molecule has 1 aromatic heterocycles. The fourth-order valence-corrected chi connectivity index (χ4v) is 3.47. The number of piperidine rings is 1. The van der Waals surface area contributed by atoms with Crippen LogP contribution in [0.15, 0.2) is 6.07 Å². The number of amides is 1. The summed E-state index contributed by atoms with van der Waals surface area (Å²) in [6.07, 6.45) is 2.75. The molecular formula is C15H23N3O2. The van der Waals surface area contributed by atoms with E-state index in [0.29, 0.717) is 17.7 Å². The first-order valence-corrected chi connectivity index (χ1v) is 7.57. The first-order valence-electron chi connectivity index (χ1n) is 7.57. The van der Waals surface area contributed by atoms with Gasteiger partial charge < -0.3 is 9.64 Å². The molecule has 2 fully saturated rings. The van der Waals surface area contributed by atoms with Gasteiger partial charge in [-0.05, 0) is 45.6 Å². The molecule has 3 rings (SSSR count). The largest absolute Gasteiger partial charge is 0.373 e. The minimum absolute atomic E-state index is 0.0917. The predicted octanol–water partition coefficient (Wildman–Crippen LogP) is 1.85. The second-order valence-electron chi connectivity index (χ2n) is 6.01. The van der Waals surface area contributed by atoms with Gasteiger partial charge in [0.25, 0.3) is 5.91 Å². The number of hydrogen-bond donors (Lipinski definition) is 0. The van der Waals surface area contributed by atoms with E-state index in [1.54, 1.807) is 4.68 Å². The van der Waals surface area contributed by atoms with Gasteiger partial charge in [-0.1, -0.05) is 0 Å². The molecule has 5 nitrogen and oxygen atoms in total. The maximum absolute atomic E-state index is 12.7. The van der Waals surface area contributed by atoms with Gasteiger partial charge in [0.05, 0.1) is 17.9 Å². The van der Waals surface area contributed by atoms with Gasteiger partial charge in [-0.2, -0.15) is 5.10 Å². The van der Waals surface area contributed by atoms with Crippen molar-refractivity contribution in [2.24, 2.45) is 5.92 Å². The lowest BCUT2D eigenvalue weighted by Crippen LogP contribution is -2.45. The van der Waals surface area contributed by atoms with Crippen LogP contribution in [0.5, 0.6) is 0 Å². The molecule has 0 saturated carbocycles. The molecule has 1 aromatic rings. The van der Waals surface area contributed by atoms with E-state index >= 15 is 0 Å². The molecule has 0 unspecified atom stereocenters. The summed E-state index contributed by atoms with van der Waals surface area (Å²) < 4.78 is 7.72. The zero-order valence-electron chi connectivity index (χ0n) is 12.5. The topological polar surface area (TPSA) is 47.4 Å². The number of carbonyl (C=O) groups excluding carboxylic acids is 1. The fourth-order valence-electron chi connectivity index (χ4n) is 3.47. The maximum atomic E-state index is 12.7. The van der Waals surface area contributed by atoms with Crippen molar-refractivity contribution in [1.29, 1.82) is 0 Å². The van der Waals surface area contributed by atoms with E-state index in [1.165, 1.54) is 0 Å². The van der Waals surface area contributed by atoms with Crippen molar-refractivity contribution in [2.45, 2.75) is 52.4 Å². The third kappa shape index (κ3) is 2.35. The van der Waals surface area contributed by atoms with Gasteiger partial charge in [-0.25, -0.2) is 0 Å². The van der Waals surface area contributed by atoms with Gasteiger partial charge in [0.1, 0.15) is 5.69 Å². The van der Waals surface area contributed by atoms with Crippen LogP contribution in [0.4, 0.5) is 0 Å². The number of hydrogen-bond acceptors (Lipinski definition) is 3. The van der Waals surface area contributed by atoms with Crippen molar-refractivity contribution in [3.63, 3.8) is 0 Å². The smallest absolute Gasteiger partial charge is 0.272 e. The highest BCUT2D eigenvalue weighted by Gasteiger charge is 2.39. The lowest BCUT2D eigenvalue weighted by molar-refractivity contribution is 0.00119. The lowest BCUT2D eigenvalue weighted by Gasteiger charge is -2.34. The van der Waals surface area contributed by atoms with Gasteiger partial charge >= 0.3 is 0 Å². The van der Waals surface area contributed by atoms with Gasteiger partial charge in [-0.15, -0.1) is 0 Å². The Morgan fingerprint density at radius 2 is 2.35 bits per heavy atom. The molecule has 20 heavy (non-hydrogen) atoms. The van der Waals surface area contributed by atoms with Crippen LogP contribution in [0.1, 0.15) is 42.9 Å². The van der Waals surface area contributed by atoms with Crippen molar-refractivity contribution >= 4 is 5.91 Å². The van der Waals surface area contributed by atoms with Crippen LogP contribution in [-0.4, -0.2) is 45.9 Å². The number of ether oxygens (including phenoxy) is 1. The molecule has 2 aliphatic rings. The number of fused-ring (bicyclic) bond motifs is 1. The first kappa shape index (κ1) is 13.6. The summed E-state index contributed by atoms with van der Waals surface area (Å²) in [6.45, 7) is 8.35. The van der Waals surface area contributed by atoms with Crippen LogP contribution in [0.3, 0.4) is 0 Å². The minimum atomic E-state index is 0.0917. The highest BCUT2D eigenvalue weighted by Crippen LogP contribution is 2.33. The van der Waals surface area contributed by atoms with Crippen LogP contribution in [-0.2, 0) is 11.3 Å². The Morgan fingerprint density at radius 3 is 3.10 bits per heavy atom. The molecule has 0 spiro atoms. The number of likely N-dealkylation sites (tertiary alicyclic amines) is 1. The van der Waals surface area contributed by atoms with E-state index in [4.69, 9.17) is 4.74 Å². The Morgan fingerprint density at radius 1 is 1.55 bits per heavy atom. The molecule has 0 N–H and O–H groups in total. The molecule has 0 aromatic carbocycles. The molecular weight excluding hydrogens is 254 g/mol. The lowest BCUT2D eigenvalue weighted by atomic mass is 9.92. The maximum Gasteiger partial charge on any atom is 0.272 e. The number of aryl methyl sites for hydroxylation is 2. The molecule has 0 radical (unpaired) electrons. The quantitative estimate of drug-likeness (QED) is 0.829. The van der Waals surface area contributed by atoms with E-state index in [0.717, 1.165) is 38.2 Å². The van der Waals surface area contributed by atoms with Gasteiger partial charge in [0.15, 0.2) is 0 Å². The SMILES string of the molecule is CCn1nc(C)cc1C(=O)N1CC[C@@H]2C[C@H](C)O[C@H]2C1. The summed E-state index contributed by atoms with van der Waals surface area (Å²) in [7, 11) is 0. The molecule has 3 atom stereocenters. The Hall–Kier alpha value is -1.36. The second kappa shape index (κ2) is 5.20. The molecule has 110 valence electrons. The van der Waals surface area contributed by atoms with Crippen LogP contribution in [0.25, 0.3) is 0 Å². The highest BCUT2D eigenvalue weighted by molar-refractivity contribution is 5.92. The van der Waals surface area contributed by atoms with E-state index in [-0.39, 0.29) is 12.0 Å². The second-order valence-corrected chi connectivity index (χ2v) is 6.01. The third-order valence-corrected chi connectivity index (χ3v) is 4.45. The molecule has 0 aliphatic carbocycles. The first-order chi connectivity index (χ1) is 9.58. The van der Waals surface area contributed by atoms with E-state index in [9.17, 15) is 4.79 Å². The summed E-state index contributed by atoms with van der Waals surface area (Å²) in [5.41, 5.74) is 1.60. The van der Waals surface area contributed by atoms with Crippen LogP contribution in [0, 0.1) is 12.8 Å². The Bertz CT molecular complexity index is 511. The predicted molar refractivity (Wildman–Crippen MR) is 75.6 cm³/mol. The number of rotatable bonds is 2. The van der Waals surface area contributed by atoms with Gasteiger partial charge in [0, 0.05) is 19.6 Å². The minimum Gasteiger partial charge on any atom is -0.373 e. The zero-order chi connectivity index (χ0) is 14.3. The number of carbonyl (C=O) groups is 1. The third-order valence-electron chi connectivity index (χ3n) is 4.45. The Kier molecular flexibility index (Phi) is 3.54. The van der Waals surface area contributed by atoms with Crippen LogP contribution < -0.4 is 0 Å². The number of aromatic nitrogens is 2. The fraction of sp³-hybridized carbons (Fsp3) is 0.733. The molecule has 2 aliphatic heterocycles. The molecule has 2 saturated heterocycles. The normalized spacial score (nSPS) is 29.6. The van der Waals surface area contributed by atoms with Gasteiger partial charge in [-0.3, -0.25) is 9.48 Å². The number of nitrogens with zero attached hydrogens (tertiary/aromatic N) is 3.